The molecule has 5 rings (SSSR count). The van der Waals surface area contributed by atoms with Crippen LogP contribution in [0, 0.1) is 13.8 Å². The van der Waals surface area contributed by atoms with Crippen molar-refractivity contribution in [1.29, 1.82) is 0 Å². The van der Waals surface area contributed by atoms with Gasteiger partial charge in [0, 0.05) is 31.9 Å². The molecule has 0 amide bonds. The molecule has 0 bridgehead atoms. The van der Waals surface area contributed by atoms with E-state index in [1.165, 1.54) is 16.8 Å². The lowest BCUT2D eigenvalue weighted by atomic mass is 10.1. The van der Waals surface area contributed by atoms with E-state index in [0.29, 0.717) is 6.54 Å². The summed E-state index contributed by atoms with van der Waals surface area (Å²) in [4.78, 5) is 5.06. The van der Waals surface area contributed by atoms with Gasteiger partial charge < -0.3 is 14.4 Å². The number of rotatable bonds is 7. The third-order valence-electron chi connectivity index (χ3n) is 6.65. The first-order valence-electron chi connectivity index (χ1n) is 11.8. The number of anilines is 1. The van der Waals surface area contributed by atoms with E-state index < -0.39 is 0 Å². The average Bonchev–Trinajstić information content (AvgIpc) is 3.48. The van der Waals surface area contributed by atoms with Gasteiger partial charge in [-0.2, -0.15) is 0 Å². The molecule has 0 saturated carbocycles. The van der Waals surface area contributed by atoms with Gasteiger partial charge in [0.1, 0.15) is 0 Å². The highest BCUT2D eigenvalue weighted by molar-refractivity contribution is 5.55. The fourth-order valence-corrected chi connectivity index (χ4v) is 4.86. The van der Waals surface area contributed by atoms with Gasteiger partial charge in [0.25, 0.3) is 0 Å². The van der Waals surface area contributed by atoms with Crippen molar-refractivity contribution < 1.29 is 9.47 Å². The van der Waals surface area contributed by atoms with Gasteiger partial charge in [0.05, 0.1) is 12.6 Å². The topological polar surface area (TPSA) is 68.5 Å². The average molecular weight is 449 g/mol. The Morgan fingerprint density at radius 2 is 1.79 bits per heavy atom. The minimum Gasteiger partial charge on any atom is -0.454 e. The van der Waals surface area contributed by atoms with Crippen LogP contribution in [0.15, 0.2) is 36.4 Å². The molecule has 0 radical (unpaired) electrons. The number of nitrogens with zero attached hydrogens (tertiary/aromatic N) is 6. The van der Waals surface area contributed by atoms with E-state index in [1.54, 1.807) is 0 Å². The molecule has 2 aliphatic heterocycles. The van der Waals surface area contributed by atoms with Crippen molar-refractivity contribution >= 4 is 5.69 Å². The first kappa shape index (κ1) is 21.7. The van der Waals surface area contributed by atoms with Gasteiger partial charge in [-0.15, -0.1) is 5.10 Å². The molecule has 33 heavy (non-hydrogen) atoms. The van der Waals surface area contributed by atoms with Gasteiger partial charge >= 0.3 is 0 Å². The zero-order valence-corrected chi connectivity index (χ0v) is 19.7. The second kappa shape index (κ2) is 9.39. The van der Waals surface area contributed by atoms with E-state index in [0.717, 1.165) is 61.9 Å². The maximum absolute atomic E-state index is 5.54. The summed E-state index contributed by atoms with van der Waals surface area (Å²) in [6.45, 7) is 11.5. The van der Waals surface area contributed by atoms with Crippen LogP contribution in [0.3, 0.4) is 0 Å². The first-order chi connectivity index (χ1) is 16.1. The molecule has 0 spiro atoms. The summed E-state index contributed by atoms with van der Waals surface area (Å²) in [5, 5.41) is 12.8. The maximum Gasteiger partial charge on any atom is 0.231 e. The van der Waals surface area contributed by atoms with Crippen LogP contribution in [0.5, 0.6) is 11.5 Å². The van der Waals surface area contributed by atoms with Crippen molar-refractivity contribution in [3.05, 3.63) is 58.9 Å². The summed E-state index contributed by atoms with van der Waals surface area (Å²) in [6, 6.07) is 13.0. The van der Waals surface area contributed by atoms with Crippen molar-refractivity contribution in [1.82, 2.24) is 25.1 Å². The van der Waals surface area contributed by atoms with E-state index in [1.807, 2.05) is 16.8 Å². The molecule has 1 atom stereocenters. The van der Waals surface area contributed by atoms with Crippen molar-refractivity contribution in [2.24, 2.45) is 0 Å². The number of piperazine rings is 1. The highest BCUT2D eigenvalue weighted by atomic mass is 16.7. The van der Waals surface area contributed by atoms with Crippen molar-refractivity contribution in [2.45, 2.75) is 46.2 Å². The molecule has 1 aromatic heterocycles. The Bertz CT molecular complexity index is 1110. The van der Waals surface area contributed by atoms with Crippen LogP contribution in [0.4, 0.5) is 5.69 Å². The van der Waals surface area contributed by atoms with Crippen LogP contribution >= 0.6 is 0 Å². The van der Waals surface area contributed by atoms with Crippen LogP contribution < -0.4 is 14.4 Å². The second-order valence-corrected chi connectivity index (χ2v) is 9.00. The smallest absolute Gasteiger partial charge is 0.231 e. The van der Waals surface area contributed by atoms with Crippen LogP contribution in [-0.2, 0) is 6.54 Å². The van der Waals surface area contributed by atoms with Crippen LogP contribution in [-0.4, -0.2) is 58.1 Å². The Morgan fingerprint density at radius 3 is 2.61 bits per heavy atom. The monoisotopic (exact) mass is 448 g/mol. The number of ether oxygens (including phenoxy) is 2. The molecule has 2 aromatic carbocycles. The summed E-state index contributed by atoms with van der Waals surface area (Å²) >= 11 is 0. The molecular weight excluding hydrogens is 416 g/mol. The minimum absolute atomic E-state index is 0.208. The number of tetrazole rings is 1. The highest BCUT2D eigenvalue weighted by Crippen LogP contribution is 2.33. The molecule has 0 unspecified atom stereocenters. The van der Waals surface area contributed by atoms with E-state index in [-0.39, 0.29) is 12.8 Å². The first-order valence-corrected chi connectivity index (χ1v) is 11.8. The van der Waals surface area contributed by atoms with Gasteiger partial charge in [-0.05, 0) is 65.6 Å². The Balaban J connectivity index is 1.31. The van der Waals surface area contributed by atoms with E-state index in [2.05, 4.69) is 70.4 Å². The van der Waals surface area contributed by atoms with Crippen molar-refractivity contribution in [2.75, 3.05) is 37.9 Å². The van der Waals surface area contributed by atoms with E-state index >= 15 is 0 Å². The molecule has 0 aliphatic carbocycles. The van der Waals surface area contributed by atoms with Crippen molar-refractivity contribution in [3.8, 4) is 11.5 Å². The van der Waals surface area contributed by atoms with Gasteiger partial charge in [0.2, 0.25) is 6.79 Å². The zero-order chi connectivity index (χ0) is 22.8. The van der Waals surface area contributed by atoms with Gasteiger partial charge in [0.15, 0.2) is 17.3 Å². The van der Waals surface area contributed by atoms with Crippen LogP contribution in [0.25, 0.3) is 0 Å². The minimum atomic E-state index is 0.208. The number of hydrogen-bond donors (Lipinski definition) is 0. The normalized spacial score (nSPS) is 16.9. The Kier molecular flexibility index (Phi) is 6.17. The summed E-state index contributed by atoms with van der Waals surface area (Å²) in [6.07, 6.45) is 2.11. The molecule has 8 heteroatoms. The predicted molar refractivity (Wildman–Crippen MR) is 127 cm³/mol. The van der Waals surface area contributed by atoms with Crippen LogP contribution in [0.2, 0.25) is 0 Å². The van der Waals surface area contributed by atoms with Gasteiger partial charge in [-0.25, -0.2) is 4.68 Å². The number of aryl methyl sites for hydroxylation is 2. The molecular formula is C25H32N6O2. The summed E-state index contributed by atoms with van der Waals surface area (Å²) < 4.78 is 12.9. The quantitative estimate of drug-likeness (QED) is 0.545. The van der Waals surface area contributed by atoms with E-state index in [9.17, 15) is 0 Å². The fourth-order valence-electron chi connectivity index (χ4n) is 4.86. The number of aromatic nitrogens is 4. The summed E-state index contributed by atoms with van der Waals surface area (Å²) in [7, 11) is 0. The lowest BCUT2D eigenvalue weighted by Crippen LogP contribution is -2.48. The largest absolute Gasteiger partial charge is 0.454 e. The van der Waals surface area contributed by atoms with Crippen molar-refractivity contribution in [3.63, 3.8) is 0 Å². The number of hydrogen-bond acceptors (Lipinski definition) is 7. The lowest BCUT2D eigenvalue weighted by molar-refractivity contribution is 0.164. The van der Waals surface area contributed by atoms with Crippen LogP contribution in [0.1, 0.15) is 48.3 Å². The predicted octanol–water partition coefficient (Wildman–Crippen LogP) is 3.73. The SMILES string of the molecule is CCC[C@@H](c1nnnn1Cc1ccc2c(c1)OCO2)N1CCN(c2cc(C)ccc2C)CC1. The Hall–Kier alpha value is -3.13. The summed E-state index contributed by atoms with van der Waals surface area (Å²) in [5.74, 6) is 2.52. The Morgan fingerprint density at radius 1 is 0.970 bits per heavy atom. The Labute approximate surface area is 195 Å². The fraction of sp³-hybridized carbons (Fsp3) is 0.480. The number of fused-ring (bicyclic) bond motifs is 1. The third kappa shape index (κ3) is 4.53. The standard InChI is InChI=1S/C25H32N6O2/c1-4-5-21(29-10-12-30(13-11-29)22-14-18(2)6-7-19(22)3)25-26-27-28-31(25)16-20-8-9-23-24(15-20)33-17-32-23/h6-9,14-15,21H,4-5,10-13,16-17H2,1-3H3/t21-/m0/s1. The second-order valence-electron chi connectivity index (χ2n) is 9.00. The molecule has 174 valence electrons. The third-order valence-corrected chi connectivity index (χ3v) is 6.65. The van der Waals surface area contributed by atoms with E-state index in [4.69, 9.17) is 9.47 Å². The summed E-state index contributed by atoms with van der Waals surface area (Å²) in [5.41, 5.74) is 5.11. The van der Waals surface area contributed by atoms with Gasteiger partial charge in [-0.3, -0.25) is 4.90 Å². The highest BCUT2D eigenvalue weighted by Gasteiger charge is 2.29. The number of benzene rings is 2. The molecule has 0 N–H and O–H groups in total. The molecule has 1 fully saturated rings. The molecule has 3 aromatic rings. The molecule has 3 heterocycles. The lowest BCUT2D eigenvalue weighted by Gasteiger charge is -2.40. The van der Waals surface area contributed by atoms with Gasteiger partial charge in [-0.1, -0.05) is 31.5 Å². The maximum atomic E-state index is 5.54. The molecule has 1 saturated heterocycles. The zero-order valence-electron chi connectivity index (χ0n) is 19.7. The molecule has 2 aliphatic rings. The molecule has 8 nitrogen and oxygen atoms in total.